The van der Waals surface area contributed by atoms with E-state index in [0.29, 0.717) is 31.0 Å². The Hall–Kier alpha value is -2.90. The molecule has 1 saturated carbocycles. The number of hydrogen-bond acceptors (Lipinski definition) is 4. The summed E-state index contributed by atoms with van der Waals surface area (Å²) in [6, 6.07) is 22.3. The lowest BCUT2D eigenvalue weighted by Gasteiger charge is -2.39. The zero-order chi connectivity index (χ0) is 28.6. The van der Waals surface area contributed by atoms with E-state index in [1.807, 2.05) is 73.7 Å². The lowest BCUT2D eigenvalue weighted by Crippen LogP contribution is -2.51. The zero-order valence-corrected chi connectivity index (χ0v) is 24.5. The van der Waals surface area contributed by atoms with E-state index in [1.54, 1.807) is 0 Å². The number of nitrogens with one attached hydrogen (secondary N) is 2. The van der Waals surface area contributed by atoms with Gasteiger partial charge in [-0.15, -0.1) is 0 Å². The molecule has 0 aromatic heterocycles. The van der Waals surface area contributed by atoms with Crippen LogP contribution in [0.5, 0.6) is 0 Å². The minimum atomic E-state index is -0.725. The quantitative estimate of drug-likeness (QED) is 0.312. The van der Waals surface area contributed by atoms with Crippen molar-refractivity contribution in [1.29, 1.82) is 0 Å². The molecule has 3 N–H and O–H groups in total. The van der Waals surface area contributed by atoms with Gasteiger partial charge >= 0.3 is 12.0 Å². The zero-order valence-electron chi connectivity index (χ0n) is 24.5. The van der Waals surface area contributed by atoms with Gasteiger partial charge in [-0.05, 0) is 56.4 Å². The molecule has 2 fully saturated rings. The third-order valence-corrected chi connectivity index (χ3v) is 8.05. The molecule has 0 bridgehead atoms. The molecule has 1 saturated heterocycles. The maximum atomic E-state index is 12.9. The van der Waals surface area contributed by atoms with Crippen LogP contribution in [0.3, 0.4) is 0 Å². The summed E-state index contributed by atoms with van der Waals surface area (Å²) in [5, 5.41) is 15.9. The van der Waals surface area contributed by atoms with Gasteiger partial charge in [0.1, 0.15) is 6.04 Å². The number of likely N-dealkylation sites (tertiary alicyclic amines) is 1. The summed E-state index contributed by atoms with van der Waals surface area (Å²) in [5.41, 5.74) is 1.12. The predicted molar refractivity (Wildman–Crippen MR) is 162 cm³/mol. The Morgan fingerprint density at radius 1 is 0.925 bits per heavy atom. The van der Waals surface area contributed by atoms with Gasteiger partial charge in [-0.3, -0.25) is 4.79 Å². The number of hydrogen-bond donors (Lipinski definition) is 3. The lowest BCUT2D eigenvalue weighted by atomic mass is 10.00. The Morgan fingerprint density at radius 2 is 1.55 bits per heavy atom. The molecule has 3 atom stereocenters. The Bertz CT molecular complexity index is 939. The summed E-state index contributed by atoms with van der Waals surface area (Å²) < 4.78 is 0. The molecule has 2 aromatic carbocycles. The van der Waals surface area contributed by atoms with E-state index in [2.05, 4.69) is 27.4 Å². The van der Waals surface area contributed by atoms with Gasteiger partial charge in [0.15, 0.2) is 0 Å². The molecule has 220 valence electrons. The number of nitrogens with zero attached hydrogens (tertiary/aromatic N) is 2. The number of urea groups is 1. The van der Waals surface area contributed by atoms with Crippen molar-refractivity contribution in [1.82, 2.24) is 20.4 Å². The van der Waals surface area contributed by atoms with Crippen molar-refractivity contribution in [2.75, 3.05) is 26.2 Å². The maximum absolute atomic E-state index is 12.9. The van der Waals surface area contributed by atoms with E-state index >= 15 is 0 Å². The van der Waals surface area contributed by atoms with Crippen molar-refractivity contribution < 1.29 is 14.7 Å². The number of aliphatic carboxylic acids is 1. The second-order valence-corrected chi connectivity index (χ2v) is 11.2. The third-order valence-electron chi connectivity index (χ3n) is 8.05. The number of carboxylic acid groups (broad SMARTS) is 1. The first-order valence-corrected chi connectivity index (χ1v) is 15.3. The molecule has 1 aliphatic carbocycles. The molecular formula is C33H50N4O3. The summed E-state index contributed by atoms with van der Waals surface area (Å²) in [7, 11) is 0. The van der Waals surface area contributed by atoms with Gasteiger partial charge in [0.2, 0.25) is 0 Å². The van der Waals surface area contributed by atoms with Crippen LogP contribution in [0.25, 0.3) is 0 Å². The van der Waals surface area contributed by atoms with Crippen molar-refractivity contribution in [2.45, 2.75) is 89.9 Å². The van der Waals surface area contributed by atoms with Crippen molar-refractivity contribution in [3.8, 4) is 0 Å². The van der Waals surface area contributed by atoms with Crippen LogP contribution in [-0.2, 0) is 11.3 Å². The molecular weight excluding hydrogens is 500 g/mol. The van der Waals surface area contributed by atoms with Gasteiger partial charge in [-0.1, -0.05) is 87.0 Å². The summed E-state index contributed by atoms with van der Waals surface area (Å²) in [6.07, 6.45) is 7.88. The van der Waals surface area contributed by atoms with E-state index in [-0.39, 0.29) is 6.03 Å². The normalized spacial score (nSPS) is 20.2. The molecule has 40 heavy (non-hydrogen) atoms. The van der Waals surface area contributed by atoms with Crippen LogP contribution >= 0.6 is 0 Å². The molecule has 1 aliphatic heterocycles. The Balaban J connectivity index is 0.000000649. The van der Waals surface area contributed by atoms with Gasteiger partial charge in [0.25, 0.3) is 0 Å². The molecule has 1 heterocycles. The van der Waals surface area contributed by atoms with E-state index < -0.39 is 12.0 Å². The molecule has 2 aromatic rings. The highest BCUT2D eigenvalue weighted by atomic mass is 16.4. The average Bonchev–Trinajstić information content (AvgIpc) is 3.43. The van der Waals surface area contributed by atoms with Gasteiger partial charge < -0.3 is 25.5 Å². The fraction of sp³-hybridized carbons (Fsp3) is 0.576. The first kappa shape index (κ1) is 31.6. The standard InChI is InChI=1S/C27H44N4O3.C6H6/c1-3-8-25(26(32)33)29-23-12-11-22(18-23)20-30-16-13-24(14-17-30)31(15-4-2)27(34)28-19-21-9-6-5-7-10-21;1-2-4-6-5-3-1/h5-7,9-10,22-25,29H,3-4,8,11-20H2,1-2H3,(H,28,34)(H,32,33);1-6H. The molecule has 7 heteroatoms. The molecule has 2 amide bonds. The van der Waals surface area contributed by atoms with Gasteiger partial charge in [0.05, 0.1) is 0 Å². The van der Waals surface area contributed by atoms with Crippen molar-refractivity contribution >= 4 is 12.0 Å². The van der Waals surface area contributed by atoms with E-state index in [9.17, 15) is 14.7 Å². The molecule has 2 aliphatic rings. The van der Waals surface area contributed by atoms with Crippen LogP contribution in [0, 0.1) is 5.92 Å². The highest BCUT2D eigenvalue weighted by Crippen LogP contribution is 2.28. The molecule has 7 nitrogen and oxygen atoms in total. The second kappa shape index (κ2) is 17.7. The summed E-state index contributed by atoms with van der Waals surface area (Å²) in [4.78, 5) is 29.0. The lowest BCUT2D eigenvalue weighted by molar-refractivity contribution is -0.139. The minimum absolute atomic E-state index is 0.0499. The number of carboxylic acids is 1. The van der Waals surface area contributed by atoms with Crippen molar-refractivity contribution in [2.24, 2.45) is 5.92 Å². The fourth-order valence-electron chi connectivity index (χ4n) is 5.97. The molecule has 4 rings (SSSR count). The van der Waals surface area contributed by atoms with Gasteiger partial charge in [0, 0.05) is 44.8 Å². The van der Waals surface area contributed by atoms with Crippen LogP contribution < -0.4 is 10.6 Å². The summed E-state index contributed by atoms with van der Waals surface area (Å²) in [6.45, 7) is 8.67. The van der Waals surface area contributed by atoms with Gasteiger partial charge in [-0.25, -0.2) is 4.79 Å². The Labute approximate surface area is 241 Å². The SMILES string of the molecule is CCCC(NC1CCC(CN2CCC(N(CCC)C(=O)NCc3ccccc3)CC2)C1)C(=O)O.c1ccccc1. The van der Waals surface area contributed by atoms with Crippen LogP contribution in [0.1, 0.15) is 70.8 Å². The summed E-state index contributed by atoms with van der Waals surface area (Å²) in [5.74, 6) is -0.0946. The third kappa shape index (κ3) is 10.9. The van der Waals surface area contributed by atoms with E-state index in [0.717, 1.165) is 70.3 Å². The fourth-order valence-corrected chi connectivity index (χ4v) is 5.97. The molecule has 3 unspecified atom stereocenters. The molecule has 0 radical (unpaired) electrons. The average molecular weight is 551 g/mol. The topological polar surface area (TPSA) is 84.9 Å². The monoisotopic (exact) mass is 550 g/mol. The summed E-state index contributed by atoms with van der Waals surface area (Å²) >= 11 is 0. The second-order valence-electron chi connectivity index (χ2n) is 11.2. The smallest absolute Gasteiger partial charge is 0.320 e. The number of carbonyl (C=O) groups excluding carboxylic acids is 1. The first-order valence-electron chi connectivity index (χ1n) is 15.3. The van der Waals surface area contributed by atoms with Crippen LogP contribution in [0.4, 0.5) is 4.79 Å². The predicted octanol–water partition coefficient (Wildman–Crippen LogP) is 5.77. The van der Waals surface area contributed by atoms with E-state index in [4.69, 9.17) is 0 Å². The van der Waals surface area contributed by atoms with Crippen LogP contribution in [-0.4, -0.2) is 71.2 Å². The first-order chi connectivity index (χ1) is 19.5. The number of piperidine rings is 1. The highest BCUT2D eigenvalue weighted by Gasteiger charge is 2.32. The number of rotatable bonds is 12. The minimum Gasteiger partial charge on any atom is -0.480 e. The van der Waals surface area contributed by atoms with Crippen molar-refractivity contribution in [3.63, 3.8) is 0 Å². The van der Waals surface area contributed by atoms with Crippen LogP contribution in [0.15, 0.2) is 66.7 Å². The maximum Gasteiger partial charge on any atom is 0.320 e. The molecule has 0 spiro atoms. The van der Waals surface area contributed by atoms with Gasteiger partial charge in [-0.2, -0.15) is 0 Å². The Morgan fingerprint density at radius 3 is 2.12 bits per heavy atom. The van der Waals surface area contributed by atoms with E-state index in [1.165, 1.54) is 6.42 Å². The number of carbonyl (C=O) groups is 2. The van der Waals surface area contributed by atoms with Crippen molar-refractivity contribution in [3.05, 3.63) is 72.3 Å². The Kier molecular flexibility index (Phi) is 14.0. The number of benzene rings is 2. The largest absolute Gasteiger partial charge is 0.480 e. The number of amides is 2. The van der Waals surface area contributed by atoms with Crippen LogP contribution in [0.2, 0.25) is 0 Å². The highest BCUT2D eigenvalue weighted by molar-refractivity contribution is 5.74.